The van der Waals surface area contributed by atoms with E-state index in [1.54, 1.807) is 6.33 Å². The minimum absolute atomic E-state index is 0.622. The van der Waals surface area contributed by atoms with Crippen LogP contribution in [0.5, 0.6) is 0 Å². The molecule has 1 N–H and O–H groups in total. The fourth-order valence-corrected chi connectivity index (χ4v) is 3.51. The molecule has 0 aliphatic heterocycles. The maximum atomic E-state index is 4.54. The van der Waals surface area contributed by atoms with E-state index < -0.39 is 0 Å². The first kappa shape index (κ1) is 16.5. The van der Waals surface area contributed by atoms with Crippen LogP contribution in [0.3, 0.4) is 0 Å². The van der Waals surface area contributed by atoms with Crippen molar-refractivity contribution in [1.29, 1.82) is 0 Å². The Bertz CT molecular complexity index is 399. The summed E-state index contributed by atoms with van der Waals surface area (Å²) in [6, 6.07) is 0. The van der Waals surface area contributed by atoms with Gasteiger partial charge in [-0.2, -0.15) is 5.10 Å². The molecule has 2 unspecified atom stereocenters. The number of aromatic nitrogens is 3. The van der Waals surface area contributed by atoms with Crippen LogP contribution in [0.25, 0.3) is 0 Å². The zero-order chi connectivity index (χ0) is 15.1. The van der Waals surface area contributed by atoms with Crippen LogP contribution in [0.1, 0.15) is 58.7 Å². The average molecular weight is 292 g/mol. The second kappa shape index (κ2) is 8.52. The van der Waals surface area contributed by atoms with Gasteiger partial charge in [0.15, 0.2) is 0 Å². The van der Waals surface area contributed by atoms with Gasteiger partial charge in [-0.05, 0) is 43.7 Å². The first-order chi connectivity index (χ1) is 10.2. The molecule has 1 aliphatic carbocycles. The lowest BCUT2D eigenvalue weighted by Gasteiger charge is -2.25. The molecule has 1 aromatic rings. The molecule has 0 spiro atoms. The normalized spacial score (nSPS) is 23.4. The third kappa shape index (κ3) is 5.10. The second-order valence-electron chi connectivity index (χ2n) is 6.92. The number of hydrogen-bond donors (Lipinski definition) is 1. The molecule has 0 radical (unpaired) electrons. The minimum atomic E-state index is 0.622. The molecule has 1 aromatic heterocycles. The maximum absolute atomic E-state index is 4.54. The highest BCUT2D eigenvalue weighted by Gasteiger charge is 2.25. The lowest BCUT2D eigenvalue weighted by Crippen LogP contribution is -2.29. The molecule has 4 nitrogen and oxygen atoms in total. The van der Waals surface area contributed by atoms with Crippen molar-refractivity contribution in [2.75, 3.05) is 13.1 Å². The first-order valence-corrected chi connectivity index (χ1v) is 8.78. The standard InChI is InChI=1S/C17H32N4/c1-4-18-11-16-9-7-5-6-8-15(16)10-17-19-13-20-21(17)12-14(2)3/h13-16,18H,4-12H2,1-3H3. The van der Waals surface area contributed by atoms with Crippen molar-refractivity contribution in [1.82, 2.24) is 20.1 Å². The van der Waals surface area contributed by atoms with Crippen LogP contribution in [-0.4, -0.2) is 27.9 Å². The van der Waals surface area contributed by atoms with Gasteiger partial charge in [0.25, 0.3) is 0 Å². The van der Waals surface area contributed by atoms with E-state index in [9.17, 15) is 0 Å². The summed E-state index contributed by atoms with van der Waals surface area (Å²) < 4.78 is 2.12. The summed E-state index contributed by atoms with van der Waals surface area (Å²) in [6.07, 6.45) is 9.73. The smallest absolute Gasteiger partial charge is 0.138 e. The molecule has 0 amide bonds. The van der Waals surface area contributed by atoms with E-state index in [0.29, 0.717) is 5.92 Å². The van der Waals surface area contributed by atoms with Crippen molar-refractivity contribution in [3.8, 4) is 0 Å². The largest absolute Gasteiger partial charge is 0.317 e. The van der Waals surface area contributed by atoms with Crippen molar-refractivity contribution in [2.45, 2.75) is 65.8 Å². The van der Waals surface area contributed by atoms with Gasteiger partial charge in [-0.1, -0.05) is 40.0 Å². The van der Waals surface area contributed by atoms with Crippen LogP contribution >= 0.6 is 0 Å². The third-order valence-corrected chi connectivity index (χ3v) is 4.65. The predicted molar refractivity (Wildman–Crippen MR) is 87.2 cm³/mol. The molecule has 0 bridgehead atoms. The molecule has 0 aromatic carbocycles. The van der Waals surface area contributed by atoms with Crippen LogP contribution in [0.15, 0.2) is 6.33 Å². The van der Waals surface area contributed by atoms with Crippen LogP contribution in [0.4, 0.5) is 0 Å². The SMILES string of the molecule is CCNCC1CCCCCC1Cc1ncnn1CC(C)C. The maximum Gasteiger partial charge on any atom is 0.138 e. The molecule has 2 atom stereocenters. The van der Waals surface area contributed by atoms with Gasteiger partial charge >= 0.3 is 0 Å². The van der Waals surface area contributed by atoms with Gasteiger partial charge in [0, 0.05) is 13.0 Å². The Morgan fingerprint density at radius 3 is 2.71 bits per heavy atom. The topological polar surface area (TPSA) is 42.7 Å². The zero-order valence-electron chi connectivity index (χ0n) is 14.0. The van der Waals surface area contributed by atoms with E-state index in [4.69, 9.17) is 0 Å². The summed E-state index contributed by atoms with van der Waals surface area (Å²) in [4.78, 5) is 4.54. The van der Waals surface area contributed by atoms with E-state index >= 15 is 0 Å². The number of rotatable bonds is 7. The van der Waals surface area contributed by atoms with Crippen molar-refractivity contribution >= 4 is 0 Å². The van der Waals surface area contributed by atoms with E-state index in [-0.39, 0.29) is 0 Å². The van der Waals surface area contributed by atoms with Gasteiger partial charge in [-0.15, -0.1) is 0 Å². The Morgan fingerprint density at radius 2 is 2.00 bits per heavy atom. The molecule has 4 heteroatoms. The number of hydrogen-bond acceptors (Lipinski definition) is 3. The molecule has 2 rings (SSSR count). The minimum Gasteiger partial charge on any atom is -0.317 e. The Hall–Kier alpha value is -0.900. The molecule has 120 valence electrons. The molecular weight excluding hydrogens is 260 g/mol. The van der Waals surface area contributed by atoms with Crippen LogP contribution in [0, 0.1) is 17.8 Å². The summed E-state index contributed by atoms with van der Waals surface area (Å²) in [5.41, 5.74) is 0. The lowest BCUT2D eigenvalue weighted by molar-refractivity contribution is 0.290. The van der Waals surface area contributed by atoms with E-state index in [0.717, 1.165) is 31.3 Å². The molecular formula is C17H32N4. The van der Waals surface area contributed by atoms with Gasteiger partial charge in [-0.3, -0.25) is 0 Å². The molecule has 21 heavy (non-hydrogen) atoms. The fraction of sp³-hybridized carbons (Fsp3) is 0.882. The zero-order valence-corrected chi connectivity index (χ0v) is 14.0. The van der Waals surface area contributed by atoms with Crippen molar-refractivity contribution < 1.29 is 0 Å². The second-order valence-corrected chi connectivity index (χ2v) is 6.92. The number of nitrogens with zero attached hydrogens (tertiary/aromatic N) is 3. The van der Waals surface area contributed by atoms with Crippen molar-refractivity contribution in [2.24, 2.45) is 17.8 Å². The summed E-state index contributed by atoms with van der Waals surface area (Å²) >= 11 is 0. The van der Waals surface area contributed by atoms with E-state index in [2.05, 4.69) is 40.9 Å². The third-order valence-electron chi connectivity index (χ3n) is 4.65. The Balaban J connectivity index is 2.01. The van der Waals surface area contributed by atoms with Crippen molar-refractivity contribution in [3.63, 3.8) is 0 Å². The Labute approximate surface area is 129 Å². The summed E-state index contributed by atoms with van der Waals surface area (Å²) in [7, 11) is 0. The summed E-state index contributed by atoms with van der Waals surface area (Å²) in [5.74, 6) is 3.38. The van der Waals surface area contributed by atoms with Crippen LogP contribution < -0.4 is 5.32 Å². The number of nitrogens with one attached hydrogen (secondary N) is 1. The Kier molecular flexibility index (Phi) is 6.68. The predicted octanol–water partition coefficient (Wildman–Crippen LogP) is 3.28. The van der Waals surface area contributed by atoms with Crippen LogP contribution in [0.2, 0.25) is 0 Å². The molecule has 1 heterocycles. The van der Waals surface area contributed by atoms with Gasteiger partial charge in [0.05, 0.1) is 0 Å². The van der Waals surface area contributed by atoms with E-state index in [1.807, 2.05) is 0 Å². The molecule has 1 fully saturated rings. The van der Waals surface area contributed by atoms with Crippen molar-refractivity contribution in [3.05, 3.63) is 12.2 Å². The molecule has 0 saturated heterocycles. The highest BCUT2D eigenvalue weighted by Crippen LogP contribution is 2.30. The van der Waals surface area contributed by atoms with Gasteiger partial charge in [-0.25, -0.2) is 9.67 Å². The molecule has 1 aliphatic rings. The summed E-state index contributed by atoms with van der Waals surface area (Å²) in [5, 5.41) is 7.98. The highest BCUT2D eigenvalue weighted by molar-refractivity contribution is 4.91. The highest BCUT2D eigenvalue weighted by atomic mass is 15.3. The monoisotopic (exact) mass is 292 g/mol. The lowest BCUT2D eigenvalue weighted by atomic mass is 9.85. The molecule has 1 saturated carbocycles. The van der Waals surface area contributed by atoms with Gasteiger partial charge < -0.3 is 5.32 Å². The Morgan fingerprint density at radius 1 is 1.24 bits per heavy atom. The summed E-state index contributed by atoms with van der Waals surface area (Å²) in [6.45, 7) is 9.91. The first-order valence-electron chi connectivity index (χ1n) is 8.78. The van der Waals surface area contributed by atoms with Crippen LogP contribution in [-0.2, 0) is 13.0 Å². The average Bonchev–Trinajstić information content (AvgIpc) is 2.74. The fourth-order valence-electron chi connectivity index (χ4n) is 3.51. The van der Waals surface area contributed by atoms with Gasteiger partial charge in [0.1, 0.15) is 12.2 Å². The van der Waals surface area contributed by atoms with Gasteiger partial charge in [0.2, 0.25) is 0 Å². The van der Waals surface area contributed by atoms with E-state index in [1.165, 1.54) is 44.5 Å². The quantitative estimate of drug-likeness (QED) is 0.784.